The lowest BCUT2D eigenvalue weighted by Crippen LogP contribution is -2.23. The second-order valence-corrected chi connectivity index (χ2v) is 6.31. The second-order valence-electron chi connectivity index (χ2n) is 5.44. The molecular weight excluding hydrogens is 347 g/mol. The summed E-state index contributed by atoms with van der Waals surface area (Å²) in [7, 11) is 1.55. The van der Waals surface area contributed by atoms with Crippen molar-refractivity contribution in [1.29, 1.82) is 0 Å². The van der Waals surface area contributed by atoms with Gasteiger partial charge in [-0.15, -0.1) is 0 Å². The lowest BCUT2D eigenvalue weighted by Gasteiger charge is -2.17. The first kappa shape index (κ1) is 16.7. The van der Waals surface area contributed by atoms with Gasteiger partial charge in [0.25, 0.3) is 0 Å². The Hall–Kier alpha value is -2.17. The third-order valence-corrected chi connectivity index (χ3v) is 4.37. The van der Waals surface area contributed by atoms with Crippen LogP contribution in [0.4, 0.5) is 5.69 Å². The predicted octanol–water partition coefficient (Wildman–Crippen LogP) is 5.16. The van der Waals surface area contributed by atoms with Crippen LogP contribution in [-0.4, -0.2) is 17.6 Å². The van der Waals surface area contributed by atoms with Gasteiger partial charge in [0.05, 0.1) is 12.8 Å². The molecule has 0 aliphatic carbocycles. The Labute approximate surface area is 149 Å². The van der Waals surface area contributed by atoms with Crippen LogP contribution in [0.2, 0.25) is 10.0 Å². The van der Waals surface area contributed by atoms with Crippen LogP contribution in [0.3, 0.4) is 0 Å². The highest BCUT2D eigenvalue weighted by Crippen LogP contribution is 2.29. The van der Waals surface area contributed by atoms with Crippen LogP contribution in [0.5, 0.6) is 5.75 Å². The van der Waals surface area contributed by atoms with Crippen LogP contribution in [0.1, 0.15) is 13.0 Å². The number of fused-ring (bicyclic) bond motifs is 1. The normalized spacial score (nSPS) is 12.2. The fourth-order valence-electron chi connectivity index (χ4n) is 2.61. The molecule has 1 atom stereocenters. The van der Waals surface area contributed by atoms with E-state index in [0.29, 0.717) is 21.5 Å². The summed E-state index contributed by atoms with van der Waals surface area (Å²) < 4.78 is 7.16. The van der Waals surface area contributed by atoms with Crippen molar-refractivity contribution in [3.63, 3.8) is 0 Å². The molecule has 0 aliphatic rings. The number of carbonyl (C=O) groups excluding carboxylic acids is 1. The number of hydrogen-bond acceptors (Lipinski definition) is 2. The molecule has 3 aromatic rings. The highest BCUT2D eigenvalue weighted by Gasteiger charge is 2.18. The molecule has 1 N–H and O–H groups in total. The summed E-state index contributed by atoms with van der Waals surface area (Å²) in [6.45, 7) is 1.83. The molecule has 2 aromatic carbocycles. The van der Waals surface area contributed by atoms with Crippen LogP contribution < -0.4 is 10.1 Å². The Morgan fingerprint density at radius 1 is 1.12 bits per heavy atom. The minimum absolute atomic E-state index is 0.164. The Morgan fingerprint density at radius 3 is 2.58 bits per heavy atom. The molecule has 6 heteroatoms. The number of benzene rings is 2. The number of rotatable bonds is 4. The van der Waals surface area contributed by atoms with Crippen molar-refractivity contribution in [2.24, 2.45) is 0 Å². The summed E-state index contributed by atoms with van der Waals surface area (Å²) in [5.41, 5.74) is 1.49. The number of carbonyl (C=O) groups is 1. The summed E-state index contributed by atoms with van der Waals surface area (Å²) in [4.78, 5) is 12.6. The average molecular weight is 363 g/mol. The van der Waals surface area contributed by atoms with E-state index < -0.39 is 6.04 Å². The van der Waals surface area contributed by atoms with E-state index >= 15 is 0 Å². The van der Waals surface area contributed by atoms with Crippen molar-refractivity contribution in [1.82, 2.24) is 4.57 Å². The molecule has 1 unspecified atom stereocenters. The summed E-state index contributed by atoms with van der Waals surface area (Å²) in [6.07, 6.45) is 1.88. The first-order valence-electron chi connectivity index (χ1n) is 7.40. The Balaban J connectivity index is 1.88. The van der Waals surface area contributed by atoms with Crippen molar-refractivity contribution in [3.05, 3.63) is 58.7 Å². The van der Waals surface area contributed by atoms with Crippen molar-refractivity contribution in [3.8, 4) is 5.75 Å². The van der Waals surface area contributed by atoms with Gasteiger partial charge >= 0.3 is 0 Å². The van der Waals surface area contributed by atoms with E-state index in [2.05, 4.69) is 5.32 Å². The van der Waals surface area contributed by atoms with Gasteiger partial charge in [-0.05, 0) is 49.4 Å². The Bertz CT molecular complexity index is 905. The first-order chi connectivity index (χ1) is 11.5. The van der Waals surface area contributed by atoms with Gasteiger partial charge in [0.1, 0.15) is 11.8 Å². The molecule has 0 saturated carbocycles. The molecule has 0 aliphatic heterocycles. The third-order valence-electron chi connectivity index (χ3n) is 3.90. The lowest BCUT2D eigenvalue weighted by atomic mass is 10.2. The number of methoxy groups -OCH3 is 1. The zero-order valence-corrected chi connectivity index (χ0v) is 14.7. The number of anilines is 1. The SMILES string of the molecule is COc1ccc(Cl)cc1NC(=O)C(C)n1ccc2cc(Cl)ccc21. The fourth-order valence-corrected chi connectivity index (χ4v) is 2.97. The molecule has 124 valence electrons. The minimum Gasteiger partial charge on any atom is -0.495 e. The Kier molecular flexibility index (Phi) is 4.69. The lowest BCUT2D eigenvalue weighted by molar-refractivity contribution is -0.118. The molecule has 0 bridgehead atoms. The number of halogens is 2. The van der Waals surface area contributed by atoms with E-state index in [1.807, 2.05) is 42.0 Å². The van der Waals surface area contributed by atoms with Crippen LogP contribution in [0.25, 0.3) is 10.9 Å². The van der Waals surface area contributed by atoms with Crippen molar-refractivity contribution in [2.45, 2.75) is 13.0 Å². The standard InChI is InChI=1S/C18H16Cl2N2O2/c1-11(22-8-7-12-9-13(19)3-5-16(12)22)18(23)21-15-10-14(20)4-6-17(15)24-2/h3-11H,1-2H3,(H,21,23). The van der Waals surface area contributed by atoms with Gasteiger partial charge in [0.2, 0.25) is 5.91 Å². The van der Waals surface area contributed by atoms with Crippen LogP contribution in [-0.2, 0) is 4.79 Å². The molecule has 0 fully saturated rings. The van der Waals surface area contributed by atoms with E-state index in [1.165, 1.54) is 0 Å². The van der Waals surface area contributed by atoms with Crippen molar-refractivity contribution >= 4 is 45.7 Å². The molecule has 3 rings (SSSR count). The highest BCUT2D eigenvalue weighted by atomic mass is 35.5. The number of aromatic nitrogens is 1. The number of nitrogens with zero attached hydrogens (tertiary/aromatic N) is 1. The number of amides is 1. The van der Waals surface area contributed by atoms with Gasteiger partial charge in [-0.3, -0.25) is 4.79 Å². The van der Waals surface area contributed by atoms with Gasteiger partial charge in [-0.1, -0.05) is 23.2 Å². The smallest absolute Gasteiger partial charge is 0.247 e. The van der Waals surface area contributed by atoms with E-state index in [-0.39, 0.29) is 5.91 Å². The van der Waals surface area contributed by atoms with Crippen LogP contribution in [0, 0.1) is 0 Å². The molecule has 0 radical (unpaired) electrons. The summed E-state index contributed by atoms with van der Waals surface area (Å²) in [5, 5.41) is 5.05. The van der Waals surface area contributed by atoms with Crippen LogP contribution >= 0.6 is 23.2 Å². The topological polar surface area (TPSA) is 43.3 Å². The van der Waals surface area contributed by atoms with E-state index in [9.17, 15) is 4.79 Å². The largest absolute Gasteiger partial charge is 0.495 e. The molecule has 1 amide bonds. The van der Waals surface area contributed by atoms with Gasteiger partial charge in [-0.25, -0.2) is 0 Å². The molecule has 1 aromatic heterocycles. The average Bonchev–Trinajstić information content (AvgIpc) is 2.97. The van der Waals surface area contributed by atoms with Gasteiger partial charge in [-0.2, -0.15) is 0 Å². The fraction of sp³-hybridized carbons (Fsp3) is 0.167. The summed E-state index contributed by atoms with van der Waals surface area (Å²) in [5.74, 6) is 0.395. The van der Waals surface area contributed by atoms with Gasteiger partial charge < -0.3 is 14.6 Å². The van der Waals surface area contributed by atoms with Crippen molar-refractivity contribution in [2.75, 3.05) is 12.4 Å². The summed E-state index contributed by atoms with van der Waals surface area (Å²) >= 11 is 12.0. The van der Waals surface area contributed by atoms with E-state index in [1.54, 1.807) is 25.3 Å². The minimum atomic E-state index is -0.410. The molecule has 4 nitrogen and oxygen atoms in total. The monoisotopic (exact) mass is 362 g/mol. The predicted molar refractivity (Wildman–Crippen MR) is 98.3 cm³/mol. The highest BCUT2D eigenvalue weighted by molar-refractivity contribution is 6.31. The maximum absolute atomic E-state index is 12.6. The zero-order valence-electron chi connectivity index (χ0n) is 13.2. The number of hydrogen-bond donors (Lipinski definition) is 1. The van der Waals surface area contributed by atoms with E-state index in [0.717, 1.165) is 10.9 Å². The molecular formula is C18H16Cl2N2O2. The number of nitrogens with one attached hydrogen (secondary N) is 1. The maximum Gasteiger partial charge on any atom is 0.247 e. The third kappa shape index (κ3) is 3.21. The van der Waals surface area contributed by atoms with Gasteiger partial charge in [0.15, 0.2) is 0 Å². The maximum atomic E-state index is 12.6. The quantitative estimate of drug-likeness (QED) is 0.696. The van der Waals surface area contributed by atoms with E-state index in [4.69, 9.17) is 27.9 Å². The zero-order chi connectivity index (χ0) is 17.3. The molecule has 1 heterocycles. The first-order valence-corrected chi connectivity index (χ1v) is 8.15. The Morgan fingerprint density at radius 2 is 1.83 bits per heavy atom. The second kappa shape index (κ2) is 6.75. The van der Waals surface area contributed by atoms with Gasteiger partial charge in [0, 0.05) is 27.1 Å². The molecule has 0 saturated heterocycles. The van der Waals surface area contributed by atoms with Crippen molar-refractivity contribution < 1.29 is 9.53 Å². The van der Waals surface area contributed by atoms with Crippen LogP contribution in [0.15, 0.2) is 48.7 Å². The molecule has 0 spiro atoms. The number of ether oxygens (including phenoxy) is 1. The molecule has 24 heavy (non-hydrogen) atoms. The summed E-state index contributed by atoms with van der Waals surface area (Å²) in [6, 6.07) is 12.2.